The van der Waals surface area contributed by atoms with Crippen molar-refractivity contribution in [1.82, 2.24) is 5.32 Å². The highest BCUT2D eigenvalue weighted by molar-refractivity contribution is 7.89. The molecule has 1 aliphatic rings. The summed E-state index contributed by atoms with van der Waals surface area (Å²) in [5.74, 6) is 0.700. The number of sulfonamides is 1. The SMILES string of the molecule is CC(NCC1CC=CCC1)c1ccc(S(N)(=O)=O)cc1. The van der Waals surface area contributed by atoms with E-state index in [1.54, 1.807) is 12.1 Å². The minimum Gasteiger partial charge on any atom is -0.310 e. The highest BCUT2D eigenvalue weighted by Gasteiger charge is 2.13. The molecule has 0 saturated heterocycles. The van der Waals surface area contributed by atoms with Crippen molar-refractivity contribution in [3.63, 3.8) is 0 Å². The van der Waals surface area contributed by atoms with E-state index in [4.69, 9.17) is 5.14 Å². The molecule has 2 atom stereocenters. The van der Waals surface area contributed by atoms with E-state index >= 15 is 0 Å². The smallest absolute Gasteiger partial charge is 0.238 e. The van der Waals surface area contributed by atoms with Crippen LogP contribution in [0.2, 0.25) is 0 Å². The average Bonchev–Trinajstić information content (AvgIpc) is 2.45. The predicted octanol–water partition coefficient (Wildman–Crippen LogP) is 2.34. The second kappa shape index (κ2) is 6.52. The normalized spacial score (nSPS) is 20.8. The molecule has 2 unspecified atom stereocenters. The zero-order chi connectivity index (χ0) is 14.6. The summed E-state index contributed by atoms with van der Waals surface area (Å²) in [6.45, 7) is 3.08. The number of hydrogen-bond donors (Lipinski definition) is 2. The first-order chi connectivity index (χ1) is 9.47. The molecule has 5 heteroatoms. The molecule has 110 valence electrons. The van der Waals surface area contributed by atoms with E-state index in [0.717, 1.165) is 18.5 Å². The Bertz CT molecular complexity index is 564. The van der Waals surface area contributed by atoms with Gasteiger partial charge in [-0.15, -0.1) is 0 Å². The lowest BCUT2D eigenvalue weighted by molar-refractivity contribution is 0.415. The van der Waals surface area contributed by atoms with Gasteiger partial charge in [-0.25, -0.2) is 13.6 Å². The lowest BCUT2D eigenvalue weighted by Crippen LogP contribution is -2.26. The van der Waals surface area contributed by atoms with Gasteiger partial charge in [0.1, 0.15) is 0 Å². The largest absolute Gasteiger partial charge is 0.310 e. The first-order valence-corrected chi connectivity index (χ1v) is 8.52. The first-order valence-electron chi connectivity index (χ1n) is 6.98. The van der Waals surface area contributed by atoms with Gasteiger partial charge in [-0.05, 0) is 56.3 Å². The zero-order valence-electron chi connectivity index (χ0n) is 11.7. The summed E-state index contributed by atoms with van der Waals surface area (Å²) in [5.41, 5.74) is 1.07. The molecule has 2 rings (SSSR count). The van der Waals surface area contributed by atoms with Gasteiger partial charge in [0.05, 0.1) is 4.90 Å². The molecule has 0 bridgehead atoms. The van der Waals surface area contributed by atoms with E-state index < -0.39 is 10.0 Å². The Morgan fingerprint density at radius 2 is 2.00 bits per heavy atom. The maximum Gasteiger partial charge on any atom is 0.238 e. The summed E-state index contributed by atoms with van der Waals surface area (Å²) >= 11 is 0. The zero-order valence-corrected chi connectivity index (χ0v) is 12.6. The third-order valence-electron chi connectivity index (χ3n) is 3.80. The summed E-state index contributed by atoms with van der Waals surface area (Å²) in [5, 5.41) is 8.60. The maximum atomic E-state index is 11.2. The Hall–Kier alpha value is -1.17. The van der Waals surface area contributed by atoms with Crippen LogP contribution in [0.4, 0.5) is 0 Å². The number of allylic oxidation sites excluding steroid dienone is 2. The van der Waals surface area contributed by atoms with E-state index in [2.05, 4.69) is 24.4 Å². The van der Waals surface area contributed by atoms with Gasteiger partial charge in [0.15, 0.2) is 0 Å². The van der Waals surface area contributed by atoms with Crippen molar-refractivity contribution in [2.75, 3.05) is 6.54 Å². The summed E-state index contributed by atoms with van der Waals surface area (Å²) in [7, 11) is -3.60. The fourth-order valence-electron chi connectivity index (χ4n) is 2.45. The van der Waals surface area contributed by atoms with Gasteiger partial charge in [-0.3, -0.25) is 0 Å². The van der Waals surface area contributed by atoms with Gasteiger partial charge in [0.25, 0.3) is 0 Å². The molecule has 0 aliphatic heterocycles. The molecule has 3 N–H and O–H groups in total. The van der Waals surface area contributed by atoms with Crippen LogP contribution < -0.4 is 10.5 Å². The molecule has 4 nitrogen and oxygen atoms in total. The first kappa shape index (κ1) is 15.2. The Balaban J connectivity index is 1.92. The minimum absolute atomic E-state index is 0.158. The minimum atomic E-state index is -3.60. The Morgan fingerprint density at radius 1 is 1.30 bits per heavy atom. The molecule has 0 amide bonds. The van der Waals surface area contributed by atoms with Crippen LogP contribution in [-0.4, -0.2) is 15.0 Å². The van der Waals surface area contributed by atoms with Crippen molar-refractivity contribution in [1.29, 1.82) is 0 Å². The number of hydrogen-bond acceptors (Lipinski definition) is 3. The third-order valence-corrected chi connectivity index (χ3v) is 4.73. The third kappa shape index (κ3) is 4.16. The Kier molecular flexibility index (Phi) is 4.96. The summed E-state index contributed by atoms with van der Waals surface area (Å²) in [6, 6.07) is 6.96. The van der Waals surface area contributed by atoms with E-state index in [1.165, 1.54) is 12.8 Å². The second-order valence-electron chi connectivity index (χ2n) is 5.39. The van der Waals surface area contributed by atoms with E-state index in [1.807, 2.05) is 12.1 Å². The van der Waals surface area contributed by atoms with E-state index in [0.29, 0.717) is 5.92 Å². The Morgan fingerprint density at radius 3 is 2.55 bits per heavy atom. The standard InChI is InChI=1S/C15H22N2O2S/c1-12(17-11-13-5-3-2-4-6-13)14-7-9-15(10-8-14)20(16,18)19/h2-3,7-10,12-13,17H,4-6,11H2,1H3,(H2,16,18,19). The molecular weight excluding hydrogens is 272 g/mol. The van der Waals surface area contributed by atoms with E-state index in [-0.39, 0.29) is 10.9 Å². The van der Waals surface area contributed by atoms with Crippen molar-refractivity contribution in [3.05, 3.63) is 42.0 Å². The van der Waals surface area contributed by atoms with Crippen LogP contribution in [0.25, 0.3) is 0 Å². The van der Waals surface area contributed by atoms with Gasteiger partial charge < -0.3 is 5.32 Å². The van der Waals surface area contributed by atoms with Crippen LogP contribution in [0, 0.1) is 5.92 Å². The summed E-state index contributed by atoms with van der Waals surface area (Å²) in [4.78, 5) is 0.158. The van der Waals surface area contributed by atoms with Gasteiger partial charge in [0, 0.05) is 6.04 Å². The van der Waals surface area contributed by atoms with Gasteiger partial charge >= 0.3 is 0 Å². The van der Waals surface area contributed by atoms with Crippen LogP contribution in [0.3, 0.4) is 0 Å². The van der Waals surface area contributed by atoms with Crippen LogP contribution in [0.1, 0.15) is 37.8 Å². The van der Waals surface area contributed by atoms with Crippen LogP contribution in [0.5, 0.6) is 0 Å². The van der Waals surface area contributed by atoms with Crippen molar-refractivity contribution in [2.24, 2.45) is 11.1 Å². The van der Waals surface area contributed by atoms with Gasteiger partial charge in [-0.2, -0.15) is 0 Å². The van der Waals surface area contributed by atoms with Crippen LogP contribution >= 0.6 is 0 Å². The topological polar surface area (TPSA) is 72.2 Å². The molecular formula is C15H22N2O2S. The fourth-order valence-corrected chi connectivity index (χ4v) is 2.96. The highest BCUT2D eigenvalue weighted by Crippen LogP contribution is 2.20. The monoisotopic (exact) mass is 294 g/mol. The van der Waals surface area contributed by atoms with Crippen molar-refractivity contribution >= 4 is 10.0 Å². The van der Waals surface area contributed by atoms with Crippen molar-refractivity contribution in [2.45, 2.75) is 37.1 Å². The molecule has 0 aromatic heterocycles. The van der Waals surface area contributed by atoms with Gasteiger partial charge in [0.2, 0.25) is 10.0 Å². The number of rotatable bonds is 5. The fraction of sp³-hybridized carbons (Fsp3) is 0.467. The van der Waals surface area contributed by atoms with E-state index in [9.17, 15) is 8.42 Å². The number of nitrogens with two attached hydrogens (primary N) is 1. The lowest BCUT2D eigenvalue weighted by Gasteiger charge is -2.21. The maximum absolute atomic E-state index is 11.2. The molecule has 0 spiro atoms. The van der Waals surface area contributed by atoms with Crippen molar-refractivity contribution < 1.29 is 8.42 Å². The molecule has 0 radical (unpaired) electrons. The lowest BCUT2D eigenvalue weighted by atomic mass is 9.94. The summed E-state index contributed by atoms with van der Waals surface area (Å²) in [6.07, 6.45) is 8.04. The van der Waals surface area contributed by atoms with Crippen LogP contribution in [-0.2, 0) is 10.0 Å². The molecule has 0 heterocycles. The molecule has 20 heavy (non-hydrogen) atoms. The predicted molar refractivity (Wildman–Crippen MR) is 80.7 cm³/mol. The quantitative estimate of drug-likeness (QED) is 0.819. The molecule has 1 aromatic carbocycles. The summed E-state index contributed by atoms with van der Waals surface area (Å²) < 4.78 is 22.4. The number of benzene rings is 1. The highest BCUT2D eigenvalue weighted by atomic mass is 32.2. The second-order valence-corrected chi connectivity index (χ2v) is 6.96. The van der Waals surface area contributed by atoms with Crippen LogP contribution in [0.15, 0.2) is 41.3 Å². The Labute approximate surface area is 121 Å². The number of primary sulfonamides is 1. The average molecular weight is 294 g/mol. The molecule has 0 fully saturated rings. The number of nitrogens with one attached hydrogen (secondary N) is 1. The van der Waals surface area contributed by atoms with Crippen molar-refractivity contribution in [3.8, 4) is 0 Å². The molecule has 0 saturated carbocycles. The molecule has 1 aromatic rings. The molecule has 1 aliphatic carbocycles. The van der Waals surface area contributed by atoms with Gasteiger partial charge in [-0.1, -0.05) is 24.3 Å².